The molecule has 0 bridgehead atoms. The van der Waals surface area contributed by atoms with E-state index in [1.54, 1.807) is 24.5 Å². The molecule has 31 heavy (non-hydrogen) atoms. The number of rotatable bonds is 16. The summed E-state index contributed by atoms with van der Waals surface area (Å²) in [5.41, 5.74) is 0.273. The Hall–Kier alpha value is -2.24. The van der Waals surface area contributed by atoms with Gasteiger partial charge in [-0.05, 0) is 25.0 Å². The summed E-state index contributed by atoms with van der Waals surface area (Å²) in [5.74, 6) is 0.659. The summed E-state index contributed by atoms with van der Waals surface area (Å²) >= 11 is 0. The van der Waals surface area contributed by atoms with Crippen molar-refractivity contribution >= 4 is 0 Å². The van der Waals surface area contributed by atoms with Gasteiger partial charge >= 0.3 is 0 Å². The summed E-state index contributed by atoms with van der Waals surface area (Å²) in [6, 6.07) is 4.43. The largest absolute Gasteiger partial charge is 0.490 e. The molecule has 0 aliphatic heterocycles. The van der Waals surface area contributed by atoms with Crippen LogP contribution in [0.1, 0.15) is 78.1 Å². The average molecular weight is 435 g/mol. The third-order valence-electron chi connectivity index (χ3n) is 5.13. The van der Waals surface area contributed by atoms with Crippen LogP contribution < -0.4 is 9.47 Å². The third-order valence-corrected chi connectivity index (χ3v) is 5.13. The van der Waals surface area contributed by atoms with Crippen molar-refractivity contribution in [1.29, 1.82) is 0 Å². The number of unbranched alkanes of at least 4 members (excludes halogenated alkanes) is 7. The molecule has 0 spiro atoms. The van der Waals surface area contributed by atoms with Gasteiger partial charge in [0.25, 0.3) is 0 Å². The summed E-state index contributed by atoms with van der Waals surface area (Å²) in [7, 11) is 0. The molecule has 0 saturated heterocycles. The van der Waals surface area contributed by atoms with Crippen molar-refractivity contribution in [2.75, 3.05) is 13.2 Å². The van der Waals surface area contributed by atoms with Gasteiger partial charge in [-0.3, -0.25) is 0 Å². The van der Waals surface area contributed by atoms with E-state index < -0.39 is 12.0 Å². The van der Waals surface area contributed by atoms with Gasteiger partial charge in [-0.2, -0.15) is 0 Å². The van der Waals surface area contributed by atoms with Crippen LogP contribution in [0.2, 0.25) is 0 Å². The number of ether oxygens (including phenoxy) is 2. The highest BCUT2D eigenvalue weighted by Crippen LogP contribution is 2.25. The van der Waals surface area contributed by atoms with Crippen LogP contribution in [0.5, 0.6) is 11.5 Å². The minimum Gasteiger partial charge on any atom is -0.490 e. The van der Waals surface area contributed by atoms with Crippen LogP contribution in [-0.4, -0.2) is 29.4 Å². The summed E-state index contributed by atoms with van der Waals surface area (Å²) in [4.78, 5) is 8.43. The molecule has 1 unspecified atom stereocenters. The fourth-order valence-corrected chi connectivity index (χ4v) is 3.25. The molecule has 1 aromatic heterocycles. The van der Waals surface area contributed by atoms with Gasteiger partial charge in [0.05, 0.1) is 24.6 Å². The van der Waals surface area contributed by atoms with E-state index in [1.807, 2.05) is 0 Å². The smallest absolute Gasteiger partial charge is 0.162 e. The molecule has 0 aliphatic rings. The van der Waals surface area contributed by atoms with Gasteiger partial charge in [-0.1, -0.05) is 65.2 Å². The molecule has 0 N–H and O–H groups in total. The zero-order valence-corrected chi connectivity index (χ0v) is 18.9. The van der Waals surface area contributed by atoms with E-state index in [1.165, 1.54) is 25.3 Å². The molecule has 0 saturated carbocycles. The van der Waals surface area contributed by atoms with Crippen molar-refractivity contribution in [3.8, 4) is 22.9 Å². The van der Waals surface area contributed by atoms with Crippen molar-refractivity contribution in [2.24, 2.45) is 0 Å². The number of alkyl halides is 1. The maximum atomic E-state index is 14.5. The number of aromatic nitrogens is 2. The second kappa shape index (κ2) is 14.7. The van der Waals surface area contributed by atoms with Crippen molar-refractivity contribution in [1.82, 2.24) is 9.97 Å². The first-order chi connectivity index (χ1) is 15.1. The second-order valence-electron chi connectivity index (χ2n) is 7.90. The zero-order valence-electron chi connectivity index (χ0n) is 18.9. The number of benzene rings is 1. The van der Waals surface area contributed by atoms with Crippen LogP contribution >= 0.6 is 0 Å². The zero-order chi connectivity index (χ0) is 22.3. The Labute approximate surface area is 185 Å². The second-order valence-corrected chi connectivity index (χ2v) is 7.90. The van der Waals surface area contributed by atoms with E-state index in [0.717, 1.165) is 38.5 Å². The normalized spacial score (nSPS) is 12.0. The third kappa shape index (κ3) is 9.62. The molecule has 0 amide bonds. The van der Waals surface area contributed by atoms with Crippen LogP contribution in [0, 0.1) is 5.82 Å². The summed E-state index contributed by atoms with van der Waals surface area (Å²) in [6.07, 6.45) is 12.5. The Balaban J connectivity index is 1.80. The number of hydrogen-bond donors (Lipinski definition) is 0. The molecule has 1 aromatic carbocycles. The highest BCUT2D eigenvalue weighted by Gasteiger charge is 2.12. The summed E-state index contributed by atoms with van der Waals surface area (Å²) in [5, 5.41) is 0. The van der Waals surface area contributed by atoms with Crippen LogP contribution in [0.25, 0.3) is 11.4 Å². The first kappa shape index (κ1) is 25.0. The van der Waals surface area contributed by atoms with Crippen molar-refractivity contribution in [3.05, 3.63) is 36.4 Å². The van der Waals surface area contributed by atoms with E-state index in [0.29, 0.717) is 24.5 Å². The fourth-order valence-electron chi connectivity index (χ4n) is 3.25. The van der Waals surface area contributed by atoms with Crippen LogP contribution in [0.3, 0.4) is 0 Å². The first-order valence-electron chi connectivity index (χ1n) is 11.7. The van der Waals surface area contributed by atoms with Crippen molar-refractivity contribution in [2.45, 2.75) is 84.2 Å². The molecule has 2 rings (SSSR count). The predicted molar refractivity (Wildman–Crippen MR) is 121 cm³/mol. The molecule has 0 fully saturated rings. The molecule has 4 nitrogen and oxygen atoms in total. The van der Waals surface area contributed by atoms with E-state index in [4.69, 9.17) is 9.47 Å². The van der Waals surface area contributed by atoms with Gasteiger partial charge in [0.2, 0.25) is 0 Å². The molecular formula is C25H36F2N2O2. The highest BCUT2D eigenvalue weighted by atomic mass is 19.1. The lowest BCUT2D eigenvalue weighted by atomic mass is 10.1. The number of halogens is 2. The summed E-state index contributed by atoms with van der Waals surface area (Å²) < 4.78 is 39.5. The SMILES string of the molecule is CCCCCCCOc1cnc(-c2ccc(OCC(F)CCCCCC)cc2F)nc1. The Kier molecular flexibility index (Phi) is 11.9. The maximum Gasteiger partial charge on any atom is 0.162 e. The van der Waals surface area contributed by atoms with Gasteiger partial charge < -0.3 is 9.47 Å². The Bertz CT molecular complexity index is 741. The molecular weight excluding hydrogens is 398 g/mol. The Morgan fingerprint density at radius 2 is 1.52 bits per heavy atom. The molecule has 1 atom stereocenters. The fraction of sp³-hybridized carbons (Fsp3) is 0.600. The monoisotopic (exact) mass is 434 g/mol. The van der Waals surface area contributed by atoms with Gasteiger partial charge in [-0.25, -0.2) is 18.7 Å². The number of hydrogen-bond acceptors (Lipinski definition) is 4. The summed E-state index contributed by atoms with van der Waals surface area (Å²) in [6.45, 7) is 4.87. The molecule has 172 valence electrons. The lowest BCUT2D eigenvalue weighted by Gasteiger charge is -2.11. The highest BCUT2D eigenvalue weighted by molar-refractivity contribution is 5.57. The van der Waals surface area contributed by atoms with E-state index >= 15 is 0 Å². The number of nitrogens with zero attached hydrogens (tertiary/aromatic N) is 2. The van der Waals surface area contributed by atoms with Crippen molar-refractivity contribution in [3.63, 3.8) is 0 Å². The van der Waals surface area contributed by atoms with Crippen molar-refractivity contribution < 1.29 is 18.3 Å². The lowest BCUT2D eigenvalue weighted by Crippen LogP contribution is -2.13. The first-order valence-corrected chi connectivity index (χ1v) is 11.7. The Morgan fingerprint density at radius 3 is 2.19 bits per heavy atom. The topological polar surface area (TPSA) is 44.2 Å². The standard InChI is InChI=1S/C25H36F2N2O2/c1-3-5-7-9-11-15-30-22-17-28-25(29-18-22)23-14-13-21(16-24(23)27)31-19-20(26)12-10-8-6-4-2/h13-14,16-18,20H,3-12,15,19H2,1-2H3. The predicted octanol–water partition coefficient (Wildman–Crippen LogP) is 7.32. The minimum absolute atomic E-state index is 0.0636. The van der Waals surface area contributed by atoms with Crippen LogP contribution in [0.15, 0.2) is 30.6 Å². The molecule has 0 aliphatic carbocycles. The van der Waals surface area contributed by atoms with E-state index in [-0.39, 0.29) is 18.0 Å². The molecule has 2 aromatic rings. The molecule has 1 heterocycles. The van der Waals surface area contributed by atoms with E-state index in [2.05, 4.69) is 23.8 Å². The molecule has 6 heteroatoms. The minimum atomic E-state index is -1.04. The van der Waals surface area contributed by atoms with Crippen LogP contribution in [-0.2, 0) is 0 Å². The molecule has 0 radical (unpaired) electrons. The Morgan fingerprint density at radius 1 is 0.839 bits per heavy atom. The van der Waals surface area contributed by atoms with Crippen LogP contribution in [0.4, 0.5) is 8.78 Å². The van der Waals surface area contributed by atoms with Gasteiger partial charge in [-0.15, -0.1) is 0 Å². The lowest BCUT2D eigenvalue weighted by molar-refractivity contribution is 0.183. The quantitative estimate of drug-likeness (QED) is 0.260. The van der Waals surface area contributed by atoms with Gasteiger partial charge in [0, 0.05) is 6.07 Å². The maximum absolute atomic E-state index is 14.5. The van der Waals surface area contributed by atoms with Gasteiger partial charge in [0.15, 0.2) is 11.6 Å². The average Bonchev–Trinajstić information content (AvgIpc) is 2.78. The van der Waals surface area contributed by atoms with E-state index in [9.17, 15) is 8.78 Å². The van der Waals surface area contributed by atoms with Gasteiger partial charge in [0.1, 0.15) is 24.3 Å².